The summed E-state index contributed by atoms with van der Waals surface area (Å²) in [7, 11) is 3.30. The number of hydrogen-bond acceptors (Lipinski definition) is 2. The van der Waals surface area contributed by atoms with Crippen molar-refractivity contribution in [2.75, 3.05) is 14.2 Å². The zero-order chi connectivity index (χ0) is 4.12. The summed E-state index contributed by atoms with van der Waals surface area (Å²) in [5.74, 6) is 0. The van der Waals surface area contributed by atoms with Gasteiger partial charge in [0.1, 0.15) is 0 Å². The van der Waals surface area contributed by atoms with Crippen molar-refractivity contribution in [2.24, 2.45) is 0 Å². The van der Waals surface area contributed by atoms with Crippen LogP contribution in [0.25, 0.3) is 0 Å². The first kappa shape index (κ1) is 10.4. The Labute approximate surface area is 66.9 Å². The molecule has 0 fully saturated rings. The molecule has 0 aliphatic carbocycles. The van der Waals surface area contributed by atoms with Crippen LogP contribution in [0.4, 0.5) is 0 Å². The molecule has 0 amide bonds. The maximum Gasteiger partial charge on any atom is 0.649 e. The Morgan fingerprint density at radius 1 is 1.17 bits per heavy atom. The van der Waals surface area contributed by atoms with Crippen LogP contribution in [0.2, 0.25) is 0 Å². The Balaban J connectivity index is 0. The third-order valence-electron chi connectivity index (χ3n) is 0.236. The molecule has 0 aliphatic heterocycles. The Morgan fingerprint density at radius 3 is 1.50 bits per heavy atom. The summed E-state index contributed by atoms with van der Waals surface area (Å²) in [6.45, 7) is 0. The molecule has 0 bridgehead atoms. The topological polar surface area (TPSA) is 18.5 Å². The van der Waals surface area contributed by atoms with Crippen molar-refractivity contribution in [1.82, 2.24) is 0 Å². The van der Waals surface area contributed by atoms with E-state index in [2.05, 4.69) is 7.58 Å². The molecule has 2 nitrogen and oxygen atoms in total. The fraction of sp³-hybridized carbons (Fsp3) is 1.00. The van der Waals surface area contributed by atoms with Gasteiger partial charge in [0, 0.05) is 43.8 Å². The van der Waals surface area contributed by atoms with Crippen molar-refractivity contribution in [3.05, 3.63) is 0 Å². The van der Waals surface area contributed by atoms with Crippen LogP contribution in [0.5, 0.6) is 0 Å². The van der Waals surface area contributed by atoms with Gasteiger partial charge in [-0.3, -0.25) is 0 Å². The van der Waals surface area contributed by atoms with Crippen molar-refractivity contribution in [3.8, 4) is 0 Å². The summed E-state index contributed by atoms with van der Waals surface area (Å²) < 4.78 is 9.22. The first-order valence-corrected chi connectivity index (χ1v) is 2.55. The van der Waals surface area contributed by atoms with Crippen LogP contribution in [0, 0.1) is 0 Å². The van der Waals surface area contributed by atoms with Gasteiger partial charge in [-0.15, -0.1) is 0 Å². The van der Waals surface area contributed by atoms with E-state index >= 15 is 0 Å². The summed E-state index contributed by atoms with van der Waals surface area (Å²) in [5.41, 5.74) is 0. The maximum atomic E-state index is 4.61. The van der Waals surface area contributed by atoms with Gasteiger partial charge in [-0.2, -0.15) is 0 Å². The van der Waals surface area contributed by atoms with Crippen molar-refractivity contribution < 1.29 is 7.58 Å². The van der Waals surface area contributed by atoms with E-state index in [0.29, 0.717) is 0 Å². The molecule has 4 heteroatoms. The Bertz CT molecular complexity index is 19.0. The van der Waals surface area contributed by atoms with E-state index in [1.165, 1.54) is 0 Å². The summed E-state index contributed by atoms with van der Waals surface area (Å²) in [4.78, 5) is 0. The van der Waals surface area contributed by atoms with E-state index in [1.807, 2.05) is 0 Å². The third-order valence-corrected chi connectivity index (χ3v) is 0.707. The normalized spacial score (nSPS) is 6.33. The summed E-state index contributed by atoms with van der Waals surface area (Å²) in [6, 6.07) is 0. The minimum Gasteiger partial charge on any atom is -0.484 e. The van der Waals surface area contributed by atoms with Gasteiger partial charge in [0.25, 0.3) is 0 Å². The van der Waals surface area contributed by atoms with E-state index in [-0.39, 0.29) is 29.6 Å². The molecule has 0 aromatic heterocycles. The zero-order valence-electron chi connectivity index (χ0n) is 4.52. The molecule has 1 radical (unpaired) electrons. The molecule has 0 aliphatic rings. The van der Waals surface area contributed by atoms with Crippen LogP contribution in [-0.2, 0) is 7.58 Å². The van der Waals surface area contributed by atoms with Gasteiger partial charge in [0.15, 0.2) is 0 Å². The van der Waals surface area contributed by atoms with Crippen LogP contribution in [-0.4, -0.2) is 59.7 Å². The average Bonchev–Trinajstić information content (AvgIpc) is 1.41. The van der Waals surface area contributed by atoms with E-state index in [9.17, 15) is 0 Å². The van der Waals surface area contributed by atoms with Gasteiger partial charge in [-0.25, -0.2) is 0 Å². The van der Waals surface area contributed by atoms with Gasteiger partial charge in [0.2, 0.25) is 0 Å². The summed E-state index contributed by atoms with van der Waals surface area (Å²) >= 11 is -0.568. The number of rotatable bonds is 2. The van der Waals surface area contributed by atoms with E-state index < -0.39 is 15.9 Å². The fourth-order valence-electron chi connectivity index (χ4n) is 0.118. The molecule has 0 atom stereocenters. The maximum absolute atomic E-state index is 4.61. The van der Waals surface area contributed by atoms with Crippen LogP contribution in [0.15, 0.2) is 0 Å². The van der Waals surface area contributed by atoms with Crippen LogP contribution in [0.1, 0.15) is 0 Å². The smallest absolute Gasteiger partial charge is 0.484 e. The Morgan fingerprint density at radius 2 is 1.50 bits per heavy atom. The zero-order valence-corrected chi connectivity index (χ0v) is 7.94. The molecule has 0 aromatic carbocycles. The Hall–Kier alpha value is 1.45. The van der Waals surface area contributed by atoms with Crippen LogP contribution < -0.4 is 0 Å². The molecule has 31 valence electrons. The van der Waals surface area contributed by atoms with Crippen molar-refractivity contribution in [1.29, 1.82) is 0 Å². The fourth-order valence-corrected chi connectivity index (χ4v) is 0.354. The molecule has 0 unspecified atom stereocenters. The van der Waals surface area contributed by atoms with E-state index in [4.69, 9.17) is 0 Å². The first-order chi connectivity index (χ1) is 2.41. The largest absolute Gasteiger partial charge is 0.649 e. The summed E-state index contributed by atoms with van der Waals surface area (Å²) in [6.07, 6.45) is 0. The predicted molar refractivity (Wildman–Crippen MR) is 26.9 cm³/mol. The molecule has 0 rings (SSSR count). The molecule has 0 aromatic rings. The predicted octanol–water partition coefficient (Wildman–Crippen LogP) is -0.835. The van der Waals surface area contributed by atoms with E-state index in [0.717, 1.165) is 0 Å². The molecule has 0 saturated heterocycles. The number of hydrogen-bond donors (Lipinski definition) is 0. The average molecular weight is 113 g/mol. The second-order valence-corrected chi connectivity index (χ2v) is 2.09. The second-order valence-electron chi connectivity index (χ2n) is 0.695. The van der Waals surface area contributed by atoms with Crippen molar-refractivity contribution >= 4 is 45.4 Å². The minimum absolute atomic E-state index is 0. The van der Waals surface area contributed by atoms with Gasteiger partial charge >= 0.3 is 15.9 Å². The van der Waals surface area contributed by atoms with Crippen LogP contribution >= 0.6 is 0 Å². The molecule has 0 saturated carbocycles. The van der Waals surface area contributed by atoms with Gasteiger partial charge in [-0.05, 0) is 0 Å². The molecule has 0 spiro atoms. The second kappa shape index (κ2) is 9.68. The SMILES string of the molecule is C[O][AlH][O]C.[Na]. The molecule has 6 heavy (non-hydrogen) atoms. The van der Waals surface area contributed by atoms with Crippen molar-refractivity contribution in [2.45, 2.75) is 0 Å². The molecule has 0 heterocycles. The minimum atomic E-state index is -0.568. The molecule has 0 N–H and O–H groups in total. The molecular weight excluding hydrogens is 106 g/mol. The van der Waals surface area contributed by atoms with E-state index in [1.54, 1.807) is 14.2 Å². The van der Waals surface area contributed by atoms with Crippen molar-refractivity contribution in [3.63, 3.8) is 0 Å². The first-order valence-electron chi connectivity index (χ1n) is 1.39. The third kappa shape index (κ3) is 9.07. The van der Waals surface area contributed by atoms with Gasteiger partial charge < -0.3 is 7.58 Å². The molecular formula is C2H7AlNaO2. The van der Waals surface area contributed by atoms with Gasteiger partial charge in [0.05, 0.1) is 0 Å². The standard InChI is InChI=1S/2CH3O.Al.Na.H/c2*1-2;;;/h2*1H3;;;/q2*-1;+2;;. The monoisotopic (exact) mass is 113 g/mol. The van der Waals surface area contributed by atoms with Crippen LogP contribution in [0.3, 0.4) is 0 Å². The van der Waals surface area contributed by atoms with Gasteiger partial charge in [-0.1, -0.05) is 0 Å². The summed E-state index contributed by atoms with van der Waals surface area (Å²) in [5, 5.41) is 0. The Kier molecular flexibility index (Phi) is 16.8. The quantitative estimate of drug-likeness (QED) is 0.435.